The van der Waals surface area contributed by atoms with Gasteiger partial charge in [-0.3, -0.25) is 14.6 Å². The van der Waals surface area contributed by atoms with Crippen LogP contribution in [0.4, 0.5) is 13.2 Å². The normalized spacial score (nSPS) is 11.7. The molecule has 0 bridgehead atoms. The fourth-order valence-electron chi connectivity index (χ4n) is 2.37. The number of halogens is 5. The lowest BCUT2D eigenvalue weighted by Gasteiger charge is -2.10. The quantitative estimate of drug-likeness (QED) is 0.563. The molecule has 0 amide bonds. The zero-order chi connectivity index (χ0) is 18.9. The molecule has 0 saturated heterocycles. The number of H-pyrrole nitrogens is 1. The number of benzene rings is 1. The van der Waals surface area contributed by atoms with Crippen LogP contribution in [0.2, 0.25) is 10.0 Å². The van der Waals surface area contributed by atoms with Crippen molar-refractivity contribution in [2.75, 3.05) is 0 Å². The smallest absolute Gasteiger partial charge is 0.300 e. The van der Waals surface area contributed by atoms with Gasteiger partial charge in [0.15, 0.2) is 10.6 Å². The van der Waals surface area contributed by atoms with Gasteiger partial charge in [0.25, 0.3) is 0 Å². The number of nitrogens with one attached hydrogen (secondary N) is 1. The van der Waals surface area contributed by atoms with Crippen LogP contribution in [0.25, 0.3) is 11.4 Å². The SMILES string of the molecule is FC(F)(F)c1cnc(CCn2c(-c3ccc(Cl)cc3)n[nH]c2=S)c(Cl)c1. The van der Waals surface area contributed by atoms with E-state index >= 15 is 0 Å². The summed E-state index contributed by atoms with van der Waals surface area (Å²) in [5.41, 5.74) is 0.270. The molecule has 2 aromatic heterocycles. The second-order valence-electron chi connectivity index (χ2n) is 5.41. The molecule has 0 unspecified atom stereocenters. The van der Waals surface area contributed by atoms with E-state index < -0.39 is 11.7 Å². The summed E-state index contributed by atoms with van der Waals surface area (Å²) >= 11 is 17.1. The van der Waals surface area contributed by atoms with E-state index in [2.05, 4.69) is 15.2 Å². The summed E-state index contributed by atoms with van der Waals surface area (Å²) in [6, 6.07) is 7.93. The second kappa shape index (κ2) is 7.38. The van der Waals surface area contributed by atoms with Crippen molar-refractivity contribution in [1.82, 2.24) is 19.7 Å². The van der Waals surface area contributed by atoms with Crippen molar-refractivity contribution in [3.63, 3.8) is 0 Å². The lowest BCUT2D eigenvalue weighted by Crippen LogP contribution is -2.09. The van der Waals surface area contributed by atoms with Gasteiger partial charge in [0.2, 0.25) is 0 Å². The first-order valence-electron chi connectivity index (χ1n) is 7.38. The first kappa shape index (κ1) is 18.9. The molecule has 2 heterocycles. The van der Waals surface area contributed by atoms with Crippen molar-refractivity contribution >= 4 is 35.4 Å². The predicted octanol–water partition coefficient (Wildman–Crippen LogP) is 5.57. The summed E-state index contributed by atoms with van der Waals surface area (Å²) in [6.07, 6.45) is -3.41. The van der Waals surface area contributed by atoms with Gasteiger partial charge in [-0.25, -0.2) is 0 Å². The van der Waals surface area contributed by atoms with Crippen LogP contribution in [0.5, 0.6) is 0 Å². The van der Waals surface area contributed by atoms with Crippen molar-refractivity contribution in [1.29, 1.82) is 0 Å². The lowest BCUT2D eigenvalue weighted by molar-refractivity contribution is -0.137. The molecule has 4 nitrogen and oxygen atoms in total. The molecule has 0 atom stereocenters. The molecule has 0 saturated carbocycles. The maximum atomic E-state index is 12.7. The number of aryl methyl sites for hydroxylation is 1. The highest BCUT2D eigenvalue weighted by atomic mass is 35.5. The third-order valence-electron chi connectivity index (χ3n) is 3.68. The molecular weight excluding hydrogens is 408 g/mol. The van der Waals surface area contributed by atoms with E-state index in [0.29, 0.717) is 34.3 Å². The summed E-state index contributed by atoms with van der Waals surface area (Å²) in [5, 5.41) is 7.46. The van der Waals surface area contributed by atoms with Crippen molar-refractivity contribution in [3.05, 3.63) is 62.6 Å². The molecule has 10 heteroatoms. The molecule has 0 aliphatic heterocycles. The van der Waals surface area contributed by atoms with Crippen LogP contribution in [0.15, 0.2) is 36.5 Å². The van der Waals surface area contributed by atoms with Crippen molar-refractivity contribution in [2.24, 2.45) is 0 Å². The van der Waals surface area contributed by atoms with Gasteiger partial charge in [-0.15, -0.1) is 0 Å². The number of hydrogen-bond donors (Lipinski definition) is 1. The third kappa shape index (κ3) is 4.08. The number of alkyl halides is 3. The highest BCUT2D eigenvalue weighted by Crippen LogP contribution is 2.31. The maximum absolute atomic E-state index is 12.7. The van der Waals surface area contributed by atoms with Gasteiger partial charge in [0, 0.05) is 29.7 Å². The molecule has 0 fully saturated rings. The molecule has 1 N–H and O–H groups in total. The monoisotopic (exact) mass is 418 g/mol. The van der Waals surface area contributed by atoms with Gasteiger partial charge < -0.3 is 0 Å². The maximum Gasteiger partial charge on any atom is 0.417 e. The van der Waals surface area contributed by atoms with Gasteiger partial charge in [-0.1, -0.05) is 23.2 Å². The van der Waals surface area contributed by atoms with Gasteiger partial charge in [-0.05, 0) is 42.5 Å². The van der Waals surface area contributed by atoms with Crippen LogP contribution in [0, 0.1) is 4.77 Å². The van der Waals surface area contributed by atoms with Gasteiger partial charge in [0.1, 0.15) is 0 Å². The fraction of sp³-hybridized carbons (Fsp3) is 0.188. The van der Waals surface area contributed by atoms with Crippen LogP contribution in [0.1, 0.15) is 11.3 Å². The molecule has 0 aliphatic rings. The van der Waals surface area contributed by atoms with Crippen LogP contribution in [-0.2, 0) is 19.1 Å². The Bertz CT molecular complexity index is 980. The molecule has 26 heavy (non-hydrogen) atoms. The summed E-state index contributed by atoms with van der Waals surface area (Å²) < 4.78 is 40.2. The van der Waals surface area contributed by atoms with Gasteiger partial charge in [0.05, 0.1) is 16.3 Å². The summed E-state index contributed by atoms with van der Waals surface area (Å²) in [4.78, 5) is 3.84. The van der Waals surface area contributed by atoms with E-state index in [0.717, 1.165) is 17.8 Å². The van der Waals surface area contributed by atoms with E-state index in [1.807, 2.05) is 0 Å². The Kier molecular flexibility index (Phi) is 5.36. The number of nitrogens with zero attached hydrogens (tertiary/aromatic N) is 3. The molecule has 136 valence electrons. The second-order valence-corrected chi connectivity index (χ2v) is 6.64. The molecule has 0 spiro atoms. The number of aromatic nitrogens is 4. The Morgan fingerprint density at radius 1 is 1.15 bits per heavy atom. The minimum absolute atomic E-state index is 0.0390. The predicted molar refractivity (Wildman–Crippen MR) is 95.8 cm³/mol. The molecule has 1 aromatic carbocycles. The van der Waals surface area contributed by atoms with Gasteiger partial charge in [-0.2, -0.15) is 18.3 Å². The standard InChI is InChI=1S/C16H11Cl2F3N4S/c17-11-3-1-9(2-4-11)14-23-24-15(26)25(14)6-5-13-12(18)7-10(8-22-13)16(19,20)21/h1-4,7-8H,5-6H2,(H,24,26). The Morgan fingerprint density at radius 2 is 1.85 bits per heavy atom. The largest absolute Gasteiger partial charge is 0.417 e. The Balaban J connectivity index is 1.84. The fourth-order valence-corrected chi connectivity index (χ4v) is 2.98. The average molecular weight is 419 g/mol. The van der Waals surface area contributed by atoms with E-state index in [1.165, 1.54) is 0 Å². The third-order valence-corrected chi connectivity index (χ3v) is 4.57. The first-order chi connectivity index (χ1) is 12.3. The lowest BCUT2D eigenvalue weighted by atomic mass is 10.2. The summed E-state index contributed by atoms with van der Waals surface area (Å²) in [7, 11) is 0. The molecule has 3 aromatic rings. The molecule has 3 rings (SSSR count). The minimum Gasteiger partial charge on any atom is -0.300 e. The van der Waals surface area contributed by atoms with Gasteiger partial charge >= 0.3 is 6.18 Å². The van der Waals surface area contributed by atoms with Crippen molar-refractivity contribution in [2.45, 2.75) is 19.1 Å². The van der Waals surface area contributed by atoms with Crippen LogP contribution in [-0.4, -0.2) is 19.7 Å². The van der Waals surface area contributed by atoms with Crippen LogP contribution >= 0.6 is 35.4 Å². The number of aromatic amines is 1. The zero-order valence-electron chi connectivity index (χ0n) is 13.0. The first-order valence-corrected chi connectivity index (χ1v) is 8.55. The zero-order valence-corrected chi connectivity index (χ0v) is 15.3. The van der Waals surface area contributed by atoms with Crippen molar-refractivity contribution < 1.29 is 13.2 Å². The number of hydrogen-bond acceptors (Lipinski definition) is 3. The Morgan fingerprint density at radius 3 is 2.46 bits per heavy atom. The van der Waals surface area contributed by atoms with E-state index in [-0.39, 0.29) is 5.02 Å². The Hall–Kier alpha value is -1.90. The molecule has 0 radical (unpaired) electrons. The van der Waals surface area contributed by atoms with E-state index in [4.69, 9.17) is 35.4 Å². The Labute approximate surface area is 161 Å². The average Bonchev–Trinajstić information content (AvgIpc) is 2.94. The number of rotatable bonds is 4. The highest BCUT2D eigenvalue weighted by Gasteiger charge is 2.31. The van der Waals surface area contributed by atoms with Crippen LogP contribution in [0.3, 0.4) is 0 Å². The molecular formula is C16H11Cl2F3N4S. The van der Waals surface area contributed by atoms with Crippen LogP contribution < -0.4 is 0 Å². The minimum atomic E-state index is -4.48. The number of pyridine rings is 1. The highest BCUT2D eigenvalue weighted by molar-refractivity contribution is 7.71. The van der Waals surface area contributed by atoms with Crippen molar-refractivity contribution in [3.8, 4) is 11.4 Å². The molecule has 0 aliphatic carbocycles. The summed E-state index contributed by atoms with van der Waals surface area (Å²) in [5.74, 6) is 0.592. The van der Waals surface area contributed by atoms with E-state index in [1.54, 1.807) is 28.8 Å². The summed E-state index contributed by atoms with van der Waals surface area (Å²) in [6.45, 7) is 0.353. The van der Waals surface area contributed by atoms with E-state index in [9.17, 15) is 13.2 Å². The topological polar surface area (TPSA) is 46.5 Å².